The molecule has 0 aliphatic heterocycles. The minimum atomic E-state index is -1.74. The van der Waals surface area contributed by atoms with Crippen molar-refractivity contribution >= 4 is 23.3 Å². The molecule has 2 unspecified atom stereocenters. The van der Waals surface area contributed by atoms with Crippen molar-refractivity contribution in [3.63, 3.8) is 0 Å². The third-order valence-corrected chi connectivity index (χ3v) is 3.26. The second-order valence-corrected chi connectivity index (χ2v) is 5.32. The zero-order valence-corrected chi connectivity index (χ0v) is 12.7. The second-order valence-electron chi connectivity index (χ2n) is 5.32. The van der Waals surface area contributed by atoms with Gasteiger partial charge in [0.05, 0.1) is 6.04 Å². The van der Waals surface area contributed by atoms with Crippen molar-refractivity contribution < 1.29 is 24.6 Å². The van der Waals surface area contributed by atoms with E-state index in [-0.39, 0.29) is 17.4 Å². The molecule has 0 bridgehead atoms. The van der Waals surface area contributed by atoms with Gasteiger partial charge >= 0.3 is 5.97 Å². The molecule has 0 heterocycles. The van der Waals surface area contributed by atoms with E-state index < -0.39 is 29.7 Å². The lowest BCUT2D eigenvalue weighted by Crippen LogP contribution is -2.55. The Balaban J connectivity index is 3.33. The molecule has 120 valence electrons. The molecular weight excluding hydrogens is 288 g/mol. The van der Waals surface area contributed by atoms with Gasteiger partial charge in [-0.1, -0.05) is 19.9 Å². The van der Waals surface area contributed by atoms with Crippen LogP contribution in [0.4, 0.5) is 5.69 Å². The standard InChI is InChI=1S/C15H20N2O5/c1-8(2)12(16)14(20)13(15(21)22)17(9(3)18)10-5-4-6-11(19)7-10/h4-8,12-13,19H,16H2,1-3H3,(H,21,22). The summed E-state index contributed by atoms with van der Waals surface area (Å²) in [7, 11) is 0. The van der Waals surface area contributed by atoms with E-state index in [1.165, 1.54) is 24.3 Å². The number of hydrogen-bond acceptors (Lipinski definition) is 5. The van der Waals surface area contributed by atoms with Crippen molar-refractivity contribution in [1.29, 1.82) is 0 Å². The highest BCUT2D eigenvalue weighted by Gasteiger charge is 2.39. The minimum Gasteiger partial charge on any atom is -0.508 e. The number of amides is 1. The van der Waals surface area contributed by atoms with Gasteiger partial charge in [0.25, 0.3) is 0 Å². The Morgan fingerprint density at radius 3 is 2.23 bits per heavy atom. The molecule has 1 aromatic rings. The molecule has 2 atom stereocenters. The molecule has 0 aliphatic rings. The molecule has 22 heavy (non-hydrogen) atoms. The van der Waals surface area contributed by atoms with Gasteiger partial charge in [-0.15, -0.1) is 0 Å². The number of phenols is 1. The number of rotatable bonds is 6. The molecule has 0 fully saturated rings. The lowest BCUT2D eigenvalue weighted by atomic mass is 9.95. The first-order chi connectivity index (χ1) is 10.2. The number of carboxylic acid groups (broad SMARTS) is 1. The van der Waals surface area contributed by atoms with Crippen molar-refractivity contribution in [3.05, 3.63) is 24.3 Å². The lowest BCUT2D eigenvalue weighted by molar-refractivity contribution is -0.144. The number of benzene rings is 1. The van der Waals surface area contributed by atoms with E-state index >= 15 is 0 Å². The molecule has 7 nitrogen and oxygen atoms in total. The molecule has 7 heteroatoms. The van der Waals surface area contributed by atoms with Crippen molar-refractivity contribution in [2.45, 2.75) is 32.9 Å². The lowest BCUT2D eigenvalue weighted by Gasteiger charge is -2.29. The van der Waals surface area contributed by atoms with Crippen LogP contribution in [0.25, 0.3) is 0 Å². The summed E-state index contributed by atoms with van der Waals surface area (Å²) >= 11 is 0. The Kier molecular flexibility index (Phi) is 5.64. The summed E-state index contributed by atoms with van der Waals surface area (Å²) in [5.41, 5.74) is 5.86. The van der Waals surface area contributed by atoms with Crippen molar-refractivity contribution in [2.75, 3.05) is 4.90 Å². The van der Waals surface area contributed by atoms with E-state index in [4.69, 9.17) is 5.73 Å². The Bertz CT molecular complexity index is 585. The van der Waals surface area contributed by atoms with Crippen LogP contribution in [0.15, 0.2) is 24.3 Å². The fourth-order valence-corrected chi connectivity index (χ4v) is 2.03. The largest absolute Gasteiger partial charge is 0.508 e. The third-order valence-electron chi connectivity index (χ3n) is 3.26. The number of aromatic hydroxyl groups is 1. The highest BCUT2D eigenvalue weighted by molar-refractivity contribution is 6.13. The Morgan fingerprint density at radius 2 is 1.82 bits per heavy atom. The fraction of sp³-hybridized carbons (Fsp3) is 0.400. The molecule has 0 aliphatic carbocycles. The second kappa shape index (κ2) is 7.04. The fourth-order valence-electron chi connectivity index (χ4n) is 2.03. The first-order valence-corrected chi connectivity index (χ1v) is 6.77. The Hall–Kier alpha value is -2.41. The number of carboxylic acids is 1. The summed E-state index contributed by atoms with van der Waals surface area (Å²) in [4.78, 5) is 36.6. The number of aliphatic carboxylic acids is 1. The molecule has 0 spiro atoms. The highest BCUT2D eigenvalue weighted by atomic mass is 16.4. The zero-order chi connectivity index (χ0) is 17.0. The van der Waals surface area contributed by atoms with Crippen LogP contribution in [-0.2, 0) is 14.4 Å². The third kappa shape index (κ3) is 3.82. The predicted octanol–water partition coefficient (Wildman–Crippen LogP) is 0.751. The average molecular weight is 308 g/mol. The van der Waals surface area contributed by atoms with Crippen LogP contribution < -0.4 is 10.6 Å². The molecule has 0 saturated heterocycles. The average Bonchev–Trinajstić information content (AvgIpc) is 2.41. The maximum absolute atomic E-state index is 12.4. The SMILES string of the molecule is CC(=O)N(c1cccc(O)c1)C(C(=O)O)C(=O)C(N)C(C)C. The number of ketones is 1. The molecule has 1 rings (SSSR count). The van der Waals surface area contributed by atoms with Gasteiger partial charge in [0.2, 0.25) is 5.91 Å². The molecule has 0 saturated carbocycles. The van der Waals surface area contributed by atoms with Gasteiger partial charge in [-0.05, 0) is 18.1 Å². The van der Waals surface area contributed by atoms with Gasteiger partial charge in [-0.3, -0.25) is 14.5 Å². The van der Waals surface area contributed by atoms with E-state index in [0.717, 1.165) is 11.8 Å². The van der Waals surface area contributed by atoms with Gasteiger partial charge in [-0.25, -0.2) is 4.79 Å². The zero-order valence-electron chi connectivity index (χ0n) is 12.7. The van der Waals surface area contributed by atoms with Crippen molar-refractivity contribution in [2.24, 2.45) is 11.7 Å². The van der Waals surface area contributed by atoms with Crippen molar-refractivity contribution in [1.82, 2.24) is 0 Å². The maximum atomic E-state index is 12.4. The number of nitrogens with two attached hydrogens (primary N) is 1. The van der Waals surface area contributed by atoms with Crippen LogP contribution in [0.1, 0.15) is 20.8 Å². The van der Waals surface area contributed by atoms with Crippen LogP contribution in [0.5, 0.6) is 5.75 Å². The number of carbonyl (C=O) groups is 3. The van der Waals surface area contributed by atoms with Crippen LogP contribution >= 0.6 is 0 Å². The minimum absolute atomic E-state index is 0.115. The first kappa shape index (κ1) is 17.6. The molecule has 4 N–H and O–H groups in total. The number of carbonyl (C=O) groups excluding carboxylic acids is 2. The highest BCUT2D eigenvalue weighted by Crippen LogP contribution is 2.23. The summed E-state index contributed by atoms with van der Waals surface area (Å²) in [6.07, 6.45) is 0. The number of Topliss-reactive ketones (excluding diaryl/α,β-unsaturated/α-hetero) is 1. The normalized spacial score (nSPS) is 13.5. The van der Waals surface area contributed by atoms with E-state index in [1.807, 2.05) is 0 Å². The van der Waals surface area contributed by atoms with Gasteiger partial charge < -0.3 is 15.9 Å². The predicted molar refractivity (Wildman–Crippen MR) is 80.5 cm³/mol. The molecule has 1 aromatic carbocycles. The van der Waals surface area contributed by atoms with Crippen LogP contribution in [0, 0.1) is 5.92 Å². The molecule has 0 radical (unpaired) electrons. The molecule has 1 amide bonds. The van der Waals surface area contributed by atoms with Gasteiger partial charge in [0.1, 0.15) is 5.75 Å². The van der Waals surface area contributed by atoms with E-state index in [2.05, 4.69) is 0 Å². The summed E-state index contributed by atoms with van der Waals surface area (Å²) in [5, 5.41) is 18.9. The van der Waals surface area contributed by atoms with E-state index in [1.54, 1.807) is 13.8 Å². The van der Waals surface area contributed by atoms with Crippen LogP contribution in [-0.4, -0.2) is 40.0 Å². The first-order valence-electron chi connectivity index (χ1n) is 6.77. The number of hydrogen-bond donors (Lipinski definition) is 3. The summed E-state index contributed by atoms with van der Waals surface area (Å²) in [6, 6.07) is 2.72. The quantitative estimate of drug-likeness (QED) is 0.667. The topological polar surface area (TPSA) is 121 Å². The number of phenolic OH excluding ortho intramolecular Hbond substituents is 1. The molecule has 0 aromatic heterocycles. The molecular formula is C15H20N2O5. The van der Waals surface area contributed by atoms with Gasteiger partial charge in [0.15, 0.2) is 11.8 Å². The van der Waals surface area contributed by atoms with Gasteiger partial charge in [0, 0.05) is 18.7 Å². The summed E-state index contributed by atoms with van der Waals surface area (Å²) < 4.78 is 0. The van der Waals surface area contributed by atoms with E-state index in [9.17, 15) is 24.6 Å². The number of nitrogens with zero attached hydrogens (tertiary/aromatic N) is 1. The van der Waals surface area contributed by atoms with E-state index in [0.29, 0.717) is 0 Å². The maximum Gasteiger partial charge on any atom is 0.334 e. The van der Waals surface area contributed by atoms with Crippen LogP contribution in [0.2, 0.25) is 0 Å². The van der Waals surface area contributed by atoms with Crippen LogP contribution in [0.3, 0.4) is 0 Å². The smallest absolute Gasteiger partial charge is 0.334 e. The summed E-state index contributed by atoms with van der Waals surface area (Å²) in [6.45, 7) is 4.52. The van der Waals surface area contributed by atoms with Crippen molar-refractivity contribution in [3.8, 4) is 5.75 Å². The summed E-state index contributed by atoms with van der Waals surface area (Å²) in [5.74, 6) is -3.29. The van der Waals surface area contributed by atoms with Gasteiger partial charge in [-0.2, -0.15) is 0 Å². The Labute approximate surface area is 128 Å². The Morgan fingerprint density at radius 1 is 1.23 bits per heavy atom. The number of anilines is 1. The monoisotopic (exact) mass is 308 g/mol.